The van der Waals surface area contributed by atoms with Crippen molar-refractivity contribution >= 4 is 44.5 Å². The summed E-state index contributed by atoms with van der Waals surface area (Å²) in [6, 6.07) is 5.70. The summed E-state index contributed by atoms with van der Waals surface area (Å²) < 4.78 is 5.70. The molecule has 0 fully saturated rings. The Bertz CT molecular complexity index is 325. The van der Waals surface area contributed by atoms with Crippen LogP contribution in [0.4, 0.5) is 0 Å². The Morgan fingerprint density at radius 1 is 1.62 bits per heavy atom. The minimum Gasteiger partial charge on any atom is -0.465 e. The van der Waals surface area contributed by atoms with Crippen LogP contribution < -0.4 is 0 Å². The first-order valence-electron chi connectivity index (χ1n) is 3.61. The number of esters is 1. The summed E-state index contributed by atoms with van der Waals surface area (Å²) in [6.07, 6.45) is 0. The standard InChI is InChI=1S/C9H8BrIO2/c1-13-9(12)8-4-7(11)3-2-6(8)5-10/h2-4H,5H2,1H3. The van der Waals surface area contributed by atoms with E-state index in [1.165, 1.54) is 7.11 Å². The topological polar surface area (TPSA) is 26.3 Å². The van der Waals surface area contributed by atoms with Gasteiger partial charge in [0.15, 0.2) is 0 Å². The van der Waals surface area contributed by atoms with Crippen LogP contribution in [0.1, 0.15) is 15.9 Å². The molecule has 1 aromatic carbocycles. The largest absolute Gasteiger partial charge is 0.465 e. The first-order valence-corrected chi connectivity index (χ1v) is 5.81. The van der Waals surface area contributed by atoms with Crippen LogP contribution in [0, 0.1) is 3.57 Å². The van der Waals surface area contributed by atoms with Crippen molar-refractivity contribution in [3.8, 4) is 0 Å². The minimum absolute atomic E-state index is 0.284. The molecule has 1 rings (SSSR count). The van der Waals surface area contributed by atoms with E-state index >= 15 is 0 Å². The predicted molar refractivity (Wildman–Crippen MR) is 63.1 cm³/mol. The monoisotopic (exact) mass is 354 g/mol. The molecule has 13 heavy (non-hydrogen) atoms. The molecule has 0 heterocycles. The number of carbonyl (C=O) groups is 1. The van der Waals surface area contributed by atoms with Crippen molar-refractivity contribution in [2.75, 3.05) is 7.11 Å². The highest BCUT2D eigenvalue weighted by Gasteiger charge is 2.10. The second-order valence-electron chi connectivity index (χ2n) is 2.43. The molecule has 0 spiro atoms. The second kappa shape index (κ2) is 4.95. The van der Waals surface area contributed by atoms with Gasteiger partial charge < -0.3 is 4.74 Å². The van der Waals surface area contributed by atoms with Gasteiger partial charge in [-0.25, -0.2) is 4.79 Å². The van der Waals surface area contributed by atoms with Crippen LogP contribution in [-0.2, 0) is 10.1 Å². The van der Waals surface area contributed by atoms with E-state index in [0.29, 0.717) is 10.9 Å². The number of methoxy groups -OCH3 is 1. The van der Waals surface area contributed by atoms with Crippen LogP contribution in [0.2, 0.25) is 0 Å². The van der Waals surface area contributed by atoms with E-state index in [9.17, 15) is 4.79 Å². The summed E-state index contributed by atoms with van der Waals surface area (Å²) in [6.45, 7) is 0. The van der Waals surface area contributed by atoms with Gasteiger partial charge in [-0.15, -0.1) is 0 Å². The quantitative estimate of drug-likeness (QED) is 0.463. The van der Waals surface area contributed by atoms with E-state index in [-0.39, 0.29) is 5.97 Å². The zero-order valence-electron chi connectivity index (χ0n) is 7.01. The number of carbonyl (C=O) groups excluding carboxylic acids is 1. The number of alkyl halides is 1. The van der Waals surface area contributed by atoms with Gasteiger partial charge >= 0.3 is 5.97 Å². The molecule has 0 saturated carbocycles. The molecular formula is C9H8BrIO2. The zero-order chi connectivity index (χ0) is 9.84. The van der Waals surface area contributed by atoms with Crippen LogP contribution >= 0.6 is 38.5 Å². The van der Waals surface area contributed by atoms with E-state index in [1.807, 2.05) is 18.2 Å². The van der Waals surface area contributed by atoms with Crippen LogP contribution in [0.5, 0.6) is 0 Å². The van der Waals surface area contributed by atoms with E-state index in [2.05, 4.69) is 43.3 Å². The maximum Gasteiger partial charge on any atom is 0.338 e. The Morgan fingerprint density at radius 3 is 2.85 bits per heavy atom. The van der Waals surface area contributed by atoms with Gasteiger partial charge in [0.25, 0.3) is 0 Å². The summed E-state index contributed by atoms with van der Waals surface area (Å²) in [5, 5.41) is 0.661. The van der Waals surface area contributed by atoms with Gasteiger partial charge in [0.05, 0.1) is 12.7 Å². The Kier molecular flexibility index (Phi) is 4.18. The van der Waals surface area contributed by atoms with Crippen molar-refractivity contribution in [3.63, 3.8) is 0 Å². The number of ether oxygens (including phenoxy) is 1. The van der Waals surface area contributed by atoms with Gasteiger partial charge in [-0.05, 0) is 40.3 Å². The molecule has 0 N–H and O–H groups in total. The van der Waals surface area contributed by atoms with E-state index in [0.717, 1.165) is 9.13 Å². The van der Waals surface area contributed by atoms with E-state index in [1.54, 1.807) is 0 Å². The van der Waals surface area contributed by atoms with Crippen molar-refractivity contribution < 1.29 is 9.53 Å². The molecule has 0 aromatic heterocycles. The lowest BCUT2D eigenvalue weighted by Gasteiger charge is -2.05. The van der Waals surface area contributed by atoms with Crippen LogP contribution in [-0.4, -0.2) is 13.1 Å². The van der Waals surface area contributed by atoms with Gasteiger partial charge in [0.1, 0.15) is 0 Å². The van der Waals surface area contributed by atoms with Gasteiger partial charge in [-0.1, -0.05) is 22.0 Å². The average molecular weight is 355 g/mol. The number of rotatable bonds is 2. The van der Waals surface area contributed by atoms with Gasteiger partial charge in [0, 0.05) is 8.90 Å². The molecular weight excluding hydrogens is 347 g/mol. The lowest BCUT2D eigenvalue weighted by Crippen LogP contribution is -2.05. The van der Waals surface area contributed by atoms with Gasteiger partial charge in [-0.3, -0.25) is 0 Å². The van der Waals surface area contributed by atoms with Crippen molar-refractivity contribution in [2.45, 2.75) is 5.33 Å². The summed E-state index contributed by atoms with van der Waals surface area (Å²) in [4.78, 5) is 11.3. The van der Waals surface area contributed by atoms with Crippen molar-refractivity contribution in [1.82, 2.24) is 0 Å². The smallest absolute Gasteiger partial charge is 0.338 e. The van der Waals surface area contributed by atoms with E-state index in [4.69, 9.17) is 0 Å². The minimum atomic E-state index is -0.284. The van der Waals surface area contributed by atoms with Crippen LogP contribution in [0.3, 0.4) is 0 Å². The third-order valence-electron chi connectivity index (χ3n) is 1.62. The lowest BCUT2D eigenvalue weighted by atomic mass is 10.1. The SMILES string of the molecule is COC(=O)c1cc(I)ccc1CBr. The fourth-order valence-electron chi connectivity index (χ4n) is 0.965. The molecule has 2 nitrogen and oxygen atoms in total. The van der Waals surface area contributed by atoms with Crippen molar-refractivity contribution in [2.24, 2.45) is 0 Å². The second-order valence-corrected chi connectivity index (χ2v) is 4.23. The maximum absolute atomic E-state index is 11.3. The third kappa shape index (κ3) is 2.67. The molecule has 0 saturated heterocycles. The summed E-state index contributed by atoms with van der Waals surface area (Å²) in [5.41, 5.74) is 1.58. The molecule has 0 amide bonds. The molecule has 0 atom stereocenters. The van der Waals surface area contributed by atoms with Crippen LogP contribution in [0.25, 0.3) is 0 Å². The molecule has 0 aliphatic carbocycles. The fraction of sp³-hybridized carbons (Fsp3) is 0.222. The third-order valence-corrected chi connectivity index (χ3v) is 2.90. The molecule has 0 unspecified atom stereocenters. The average Bonchev–Trinajstić information content (AvgIpc) is 2.16. The Hall–Kier alpha value is -0.100. The highest BCUT2D eigenvalue weighted by molar-refractivity contribution is 14.1. The molecule has 0 aliphatic heterocycles. The molecule has 1 aromatic rings. The summed E-state index contributed by atoms with van der Waals surface area (Å²) >= 11 is 5.49. The summed E-state index contributed by atoms with van der Waals surface area (Å²) in [5.74, 6) is -0.284. The van der Waals surface area contributed by atoms with Gasteiger partial charge in [-0.2, -0.15) is 0 Å². The van der Waals surface area contributed by atoms with Crippen LogP contribution in [0.15, 0.2) is 18.2 Å². The van der Waals surface area contributed by atoms with Crippen molar-refractivity contribution in [1.29, 1.82) is 0 Å². The number of hydrogen-bond donors (Lipinski definition) is 0. The highest BCUT2D eigenvalue weighted by Crippen LogP contribution is 2.17. The molecule has 4 heteroatoms. The Labute approximate surface area is 98.9 Å². The number of halogens is 2. The fourth-order valence-corrected chi connectivity index (χ4v) is 1.95. The predicted octanol–water partition coefficient (Wildman–Crippen LogP) is 2.97. The Morgan fingerprint density at radius 2 is 2.31 bits per heavy atom. The molecule has 0 aliphatic rings. The van der Waals surface area contributed by atoms with Gasteiger partial charge in [0.2, 0.25) is 0 Å². The van der Waals surface area contributed by atoms with Crippen molar-refractivity contribution in [3.05, 3.63) is 32.9 Å². The first kappa shape index (κ1) is 11.0. The lowest BCUT2D eigenvalue weighted by molar-refractivity contribution is 0.0600. The highest BCUT2D eigenvalue weighted by atomic mass is 127. The molecule has 0 bridgehead atoms. The number of hydrogen-bond acceptors (Lipinski definition) is 2. The molecule has 0 radical (unpaired) electrons. The zero-order valence-corrected chi connectivity index (χ0v) is 10.8. The first-order chi connectivity index (χ1) is 6.19. The normalized spacial score (nSPS) is 9.77. The summed E-state index contributed by atoms with van der Waals surface area (Å²) in [7, 11) is 1.39. The van der Waals surface area contributed by atoms with E-state index < -0.39 is 0 Å². The number of benzene rings is 1. The Balaban J connectivity index is 3.15. The molecule has 70 valence electrons. The maximum atomic E-state index is 11.3.